The van der Waals surface area contributed by atoms with Crippen LogP contribution in [-0.2, 0) is 9.84 Å². The van der Waals surface area contributed by atoms with Crippen LogP contribution in [-0.4, -0.2) is 49.3 Å². The van der Waals surface area contributed by atoms with E-state index in [1.54, 1.807) is 18.2 Å². The van der Waals surface area contributed by atoms with Crippen LogP contribution in [0.5, 0.6) is 5.75 Å². The molecule has 166 valence electrons. The maximum absolute atomic E-state index is 13.6. The molecule has 0 spiro atoms. The van der Waals surface area contributed by atoms with E-state index in [0.29, 0.717) is 22.0 Å². The fourth-order valence-electron chi connectivity index (χ4n) is 4.54. The molecule has 1 aromatic heterocycles. The minimum atomic E-state index is -3.82. The number of H-pyrrole nitrogens is 1. The predicted octanol–water partition coefficient (Wildman–Crippen LogP) is 4.80. The molecule has 0 aliphatic carbocycles. The van der Waals surface area contributed by atoms with E-state index in [4.69, 9.17) is 4.74 Å². The largest absolute Gasteiger partial charge is 0.490 e. The summed E-state index contributed by atoms with van der Waals surface area (Å²) in [4.78, 5) is 2.73. The molecule has 0 atom stereocenters. The highest BCUT2D eigenvalue weighted by Crippen LogP contribution is 2.33. The van der Waals surface area contributed by atoms with Gasteiger partial charge in [0.1, 0.15) is 11.9 Å². The third-order valence-electron chi connectivity index (χ3n) is 6.17. The number of hydrogen-bond acceptors (Lipinski definition) is 5. The summed E-state index contributed by atoms with van der Waals surface area (Å²) in [5.74, 6) is 0.683. The van der Waals surface area contributed by atoms with Gasteiger partial charge in [0.2, 0.25) is 9.84 Å². The van der Waals surface area contributed by atoms with Gasteiger partial charge in [-0.25, -0.2) is 8.42 Å². The van der Waals surface area contributed by atoms with Crippen LogP contribution in [0.4, 0.5) is 0 Å². The van der Waals surface area contributed by atoms with E-state index < -0.39 is 9.84 Å². The first-order valence-electron chi connectivity index (χ1n) is 11.2. The number of nitrogens with one attached hydrogen (secondary N) is 1. The van der Waals surface area contributed by atoms with Crippen molar-refractivity contribution >= 4 is 31.5 Å². The molecule has 0 amide bonds. The highest BCUT2D eigenvalue weighted by atomic mass is 32.2. The summed E-state index contributed by atoms with van der Waals surface area (Å²) in [6, 6.07) is 18.3. The molecule has 1 aliphatic heterocycles. The fraction of sp³-hybridized carbons (Fsp3) is 0.320. The number of sulfone groups is 1. The van der Waals surface area contributed by atoms with Crippen LogP contribution in [0.2, 0.25) is 0 Å². The van der Waals surface area contributed by atoms with Gasteiger partial charge in [-0.2, -0.15) is 5.10 Å². The van der Waals surface area contributed by atoms with Gasteiger partial charge in [-0.1, -0.05) is 43.3 Å². The Morgan fingerprint density at radius 2 is 1.81 bits per heavy atom. The van der Waals surface area contributed by atoms with Gasteiger partial charge in [0.15, 0.2) is 5.03 Å². The van der Waals surface area contributed by atoms with E-state index in [9.17, 15) is 8.42 Å². The number of benzene rings is 3. The van der Waals surface area contributed by atoms with Crippen LogP contribution < -0.4 is 4.74 Å². The summed E-state index contributed by atoms with van der Waals surface area (Å²) in [5.41, 5.74) is 0.675. The van der Waals surface area contributed by atoms with Crippen LogP contribution in [0.15, 0.2) is 70.6 Å². The summed E-state index contributed by atoms with van der Waals surface area (Å²) < 4.78 is 33.4. The third-order valence-corrected chi connectivity index (χ3v) is 7.93. The zero-order valence-electron chi connectivity index (χ0n) is 18.1. The van der Waals surface area contributed by atoms with Crippen molar-refractivity contribution in [1.82, 2.24) is 15.1 Å². The van der Waals surface area contributed by atoms with Gasteiger partial charge in [-0.05, 0) is 55.5 Å². The van der Waals surface area contributed by atoms with E-state index in [1.807, 2.05) is 42.5 Å². The Bertz CT molecular complexity index is 1350. The number of likely N-dealkylation sites (tertiary alicyclic amines) is 1. The molecule has 2 heterocycles. The Morgan fingerprint density at radius 1 is 1.03 bits per heavy atom. The average molecular weight is 450 g/mol. The number of ether oxygens (including phenoxy) is 1. The van der Waals surface area contributed by atoms with Gasteiger partial charge < -0.3 is 9.64 Å². The lowest BCUT2D eigenvalue weighted by molar-refractivity contribution is 0.101. The average Bonchev–Trinajstić information content (AvgIpc) is 3.24. The summed E-state index contributed by atoms with van der Waals surface area (Å²) in [5, 5.41) is 9.23. The molecular formula is C25H27N3O3S. The predicted molar refractivity (Wildman–Crippen MR) is 126 cm³/mol. The van der Waals surface area contributed by atoms with E-state index in [-0.39, 0.29) is 16.0 Å². The van der Waals surface area contributed by atoms with Crippen molar-refractivity contribution in [1.29, 1.82) is 0 Å². The highest BCUT2D eigenvalue weighted by Gasteiger charge is 2.26. The summed E-state index contributed by atoms with van der Waals surface area (Å²) >= 11 is 0. The van der Waals surface area contributed by atoms with Crippen LogP contribution in [0, 0.1) is 0 Å². The molecule has 1 saturated heterocycles. The molecule has 3 aromatic carbocycles. The zero-order chi connectivity index (χ0) is 22.1. The first-order chi connectivity index (χ1) is 15.6. The Morgan fingerprint density at radius 3 is 2.62 bits per heavy atom. The normalized spacial score (nSPS) is 16.0. The Hall–Kier alpha value is -2.90. The number of hydrogen-bond donors (Lipinski definition) is 1. The first-order valence-corrected chi connectivity index (χ1v) is 12.6. The lowest BCUT2D eigenvalue weighted by Crippen LogP contribution is -2.38. The van der Waals surface area contributed by atoms with Crippen molar-refractivity contribution < 1.29 is 13.2 Å². The first kappa shape index (κ1) is 21.0. The molecule has 32 heavy (non-hydrogen) atoms. The Labute approximate surface area is 188 Å². The zero-order valence-corrected chi connectivity index (χ0v) is 18.9. The van der Waals surface area contributed by atoms with Crippen molar-refractivity contribution in [2.24, 2.45) is 0 Å². The van der Waals surface area contributed by atoms with Crippen molar-refractivity contribution in [2.45, 2.75) is 42.2 Å². The molecule has 0 bridgehead atoms. The fourth-order valence-corrected chi connectivity index (χ4v) is 6.11. The molecule has 1 N–H and O–H groups in total. The lowest BCUT2D eigenvalue weighted by Gasteiger charge is -2.31. The number of rotatable bonds is 6. The number of aromatic nitrogens is 2. The maximum Gasteiger partial charge on any atom is 0.226 e. The Balaban J connectivity index is 1.46. The van der Waals surface area contributed by atoms with Gasteiger partial charge >= 0.3 is 0 Å². The van der Waals surface area contributed by atoms with E-state index in [2.05, 4.69) is 22.0 Å². The monoisotopic (exact) mass is 449 g/mol. The van der Waals surface area contributed by atoms with E-state index in [0.717, 1.165) is 44.3 Å². The van der Waals surface area contributed by atoms with Gasteiger partial charge in [0, 0.05) is 23.9 Å². The van der Waals surface area contributed by atoms with Crippen LogP contribution in [0.1, 0.15) is 26.2 Å². The number of fused-ring (bicyclic) bond motifs is 2. The number of piperidine rings is 1. The molecule has 4 aromatic rings. The molecule has 1 fully saturated rings. The topological polar surface area (TPSA) is 75.3 Å². The molecule has 1 aliphatic rings. The molecule has 5 rings (SSSR count). The maximum atomic E-state index is 13.6. The summed E-state index contributed by atoms with van der Waals surface area (Å²) in [7, 11) is -3.82. The summed E-state index contributed by atoms with van der Waals surface area (Å²) in [6.07, 6.45) is 3.26. The second kappa shape index (κ2) is 8.56. The van der Waals surface area contributed by atoms with Gasteiger partial charge in [-0.3, -0.25) is 5.10 Å². The van der Waals surface area contributed by atoms with Crippen molar-refractivity contribution in [2.75, 3.05) is 19.6 Å². The minimum Gasteiger partial charge on any atom is -0.490 e. The number of aromatic amines is 1. The van der Waals surface area contributed by atoms with Gasteiger partial charge in [0.05, 0.1) is 10.4 Å². The van der Waals surface area contributed by atoms with Crippen LogP contribution in [0.3, 0.4) is 0 Å². The van der Waals surface area contributed by atoms with Crippen molar-refractivity contribution in [3.05, 3.63) is 60.7 Å². The highest BCUT2D eigenvalue weighted by molar-refractivity contribution is 7.91. The molecule has 0 unspecified atom stereocenters. The Kier molecular flexibility index (Phi) is 5.61. The molecule has 0 radical (unpaired) electrons. The minimum absolute atomic E-state index is 0.0343. The lowest BCUT2D eigenvalue weighted by atomic mass is 10.1. The van der Waals surface area contributed by atoms with E-state index >= 15 is 0 Å². The molecular weight excluding hydrogens is 422 g/mol. The van der Waals surface area contributed by atoms with Crippen molar-refractivity contribution in [3.8, 4) is 5.75 Å². The van der Waals surface area contributed by atoms with E-state index in [1.165, 1.54) is 0 Å². The van der Waals surface area contributed by atoms with Gasteiger partial charge in [0.25, 0.3) is 0 Å². The van der Waals surface area contributed by atoms with Crippen molar-refractivity contribution in [3.63, 3.8) is 0 Å². The SMILES string of the molecule is CCCN1CCC(Oc2ccc3[nH]nc(S(=O)(=O)c4cccc5ccccc45)c3c2)CC1. The molecule has 0 saturated carbocycles. The summed E-state index contributed by atoms with van der Waals surface area (Å²) in [6.45, 7) is 5.40. The van der Waals surface area contributed by atoms with Crippen LogP contribution >= 0.6 is 0 Å². The number of nitrogens with zero attached hydrogens (tertiary/aromatic N) is 2. The smallest absolute Gasteiger partial charge is 0.226 e. The molecule has 6 nitrogen and oxygen atoms in total. The van der Waals surface area contributed by atoms with Crippen LogP contribution in [0.25, 0.3) is 21.7 Å². The molecule has 7 heteroatoms. The second-order valence-corrected chi connectivity index (χ2v) is 10.2. The quantitative estimate of drug-likeness (QED) is 0.458. The third kappa shape index (κ3) is 3.87. The standard InChI is InChI=1S/C25H27N3O3S/c1-2-14-28-15-12-19(13-16-28)31-20-10-11-23-22(17-20)25(27-26-23)32(29,30)24-9-5-7-18-6-3-4-8-21(18)24/h3-11,17,19H,2,12-16H2,1H3,(H,26,27). The van der Waals surface area contributed by atoms with Gasteiger partial charge in [-0.15, -0.1) is 0 Å². The second-order valence-electron chi connectivity index (χ2n) is 8.38.